The summed E-state index contributed by atoms with van der Waals surface area (Å²) in [5.41, 5.74) is 1.48. The van der Waals surface area contributed by atoms with E-state index in [4.69, 9.17) is 0 Å². The molecule has 0 atom stereocenters. The number of aliphatic imine (C=N–C) groups is 1. The average Bonchev–Trinajstić information content (AvgIpc) is 2.36. The Morgan fingerprint density at radius 2 is 1.94 bits per heavy atom. The molecule has 1 fully saturated rings. The van der Waals surface area contributed by atoms with Gasteiger partial charge in [-0.3, -0.25) is 4.99 Å². The number of benzene rings is 1. The molecule has 1 heterocycles. The summed E-state index contributed by atoms with van der Waals surface area (Å²) in [5, 5.41) is 6.81. The fourth-order valence-electron chi connectivity index (χ4n) is 2.56. The van der Waals surface area contributed by atoms with Crippen LogP contribution in [-0.2, 0) is 0 Å². The zero-order chi connectivity index (χ0) is 11.5. The van der Waals surface area contributed by atoms with Crippen LogP contribution in [0.5, 0.6) is 0 Å². The van der Waals surface area contributed by atoms with E-state index in [1.807, 2.05) is 0 Å². The van der Waals surface area contributed by atoms with Crippen molar-refractivity contribution < 1.29 is 0 Å². The Morgan fingerprint density at radius 1 is 1.17 bits per heavy atom. The number of nitrogens with zero attached hydrogens (tertiary/aromatic N) is 1. The van der Waals surface area contributed by atoms with Crippen LogP contribution in [0.2, 0.25) is 0 Å². The van der Waals surface area contributed by atoms with Crippen molar-refractivity contribution in [2.45, 2.75) is 31.2 Å². The summed E-state index contributed by atoms with van der Waals surface area (Å²) >= 11 is 0. The molecule has 4 heteroatoms. The fourth-order valence-corrected chi connectivity index (χ4v) is 2.56. The Morgan fingerprint density at radius 3 is 2.61 bits per heavy atom. The molecule has 0 aromatic heterocycles. The largest absolute Gasteiger partial charge is 0.356 e. The lowest BCUT2D eigenvalue weighted by Gasteiger charge is -2.37. The summed E-state index contributed by atoms with van der Waals surface area (Å²) in [6.07, 6.45) is 3.61. The predicted molar refractivity (Wildman–Crippen MR) is 85.7 cm³/mol. The molecule has 18 heavy (non-hydrogen) atoms. The summed E-state index contributed by atoms with van der Waals surface area (Å²) in [7, 11) is 0. The highest BCUT2D eigenvalue weighted by molar-refractivity contribution is 14.0. The highest BCUT2D eigenvalue weighted by Gasteiger charge is 2.30. The van der Waals surface area contributed by atoms with Crippen LogP contribution in [-0.4, -0.2) is 25.1 Å². The van der Waals surface area contributed by atoms with E-state index in [9.17, 15) is 0 Å². The van der Waals surface area contributed by atoms with Crippen molar-refractivity contribution in [3.63, 3.8) is 0 Å². The quantitative estimate of drug-likeness (QED) is 0.798. The van der Waals surface area contributed by atoms with Gasteiger partial charge in [-0.2, -0.15) is 0 Å². The van der Waals surface area contributed by atoms with Crippen LogP contribution in [0.4, 0.5) is 0 Å². The minimum Gasteiger partial charge on any atom is -0.356 e. The van der Waals surface area contributed by atoms with Crippen LogP contribution in [0, 0.1) is 0 Å². The summed E-state index contributed by atoms with van der Waals surface area (Å²) < 4.78 is 0. The van der Waals surface area contributed by atoms with Crippen LogP contribution in [0.3, 0.4) is 0 Å². The maximum Gasteiger partial charge on any atom is 0.191 e. The maximum atomic E-state index is 4.44. The Labute approximate surface area is 125 Å². The fraction of sp³-hybridized carbons (Fsp3) is 0.500. The number of nitrogens with one attached hydrogen (secondary N) is 2. The Hall–Kier alpha value is -0.780. The van der Waals surface area contributed by atoms with Crippen molar-refractivity contribution in [1.82, 2.24) is 10.6 Å². The molecule has 0 radical (unpaired) electrons. The van der Waals surface area contributed by atoms with E-state index in [-0.39, 0.29) is 24.0 Å². The SMILES string of the molecule is I.c1ccc(C2CC(NC3=NCCCN3)C2)cc1. The van der Waals surface area contributed by atoms with Crippen LogP contribution in [0.15, 0.2) is 35.3 Å². The zero-order valence-electron chi connectivity index (χ0n) is 10.4. The normalized spacial score (nSPS) is 26.1. The van der Waals surface area contributed by atoms with Gasteiger partial charge in [0, 0.05) is 19.1 Å². The molecule has 0 bridgehead atoms. The molecule has 0 amide bonds. The number of guanidine groups is 1. The van der Waals surface area contributed by atoms with Gasteiger partial charge in [-0.25, -0.2) is 0 Å². The molecule has 1 aliphatic heterocycles. The summed E-state index contributed by atoms with van der Waals surface area (Å²) in [5.74, 6) is 1.74. The number of halogens is 1. The van der Waals surface area contributed by atoms with Gasteiger partial charge >= 0.3 is 0 Å². The van der Waals surface area contributed by atoms with Gasteiger partial charge in [0.05, 0.1) is 0 Å². The van der Waals surface area contributed by atoms with Gasteiger partial charge in [-0.15, -0.1) is 24.0 Å². The lowest BCUT2D eigenvalue weighted by atomic mass is 9.76. The van der Waals surface area contributed by atoms with Crippen LogP contribution in [0.25, 0.3) is 0 Å². The molecule has 3 rings (SSSR count). The van der Waals surface area contributed by atoms with E-state index >= 15 is 0 Å². The Kier molecular flexibility index (Phi) is 4.86. The maximum absolute atomic E-state index is 4.44. The van der Waals surface area contributed by atoms with Gasteiger partial charge in [0.1, 0.15) is 0 Å². The lowest BCUT2D eigenvalue weighted by molar-refractivity contribution is 0.321. The zero-order valence-corrected chi connectivity index (χ0v) is 12.8. The molecule has 98 valence electrons. The molecule has 0 spiro atoms. The van der Waals surface area contributed by atoms with Crippen molar-refractivity contribution >= 4 is 29.9 Å². The molecule has 1 aromatic rings. The molecule has 2 N–H and O–H groups in total. The molecule has 3 nitrogen and oxygen atoms in total. The molecule has 1 aliphatic carbocycles. The Bertz CT molecular complexity index is 399. The van der Waals surface area contributed by atoms with Gasteiger partial charge in [0.25, 0.3) is 0 Å². The van der Waals surface area contributed by atoms with E-state index < -0.39 is 0 Å². The molecular weight excluding hydrogens is 337 g/mol. The van der Waals surface area contributed by atoms with Crippen molar-refractivity contribution in [1.29, 1.82) is 0 Å². The molecule has 0 saturated heterocycles. The van der Waals surface area contributed by atoms with Gasteiger partial charge in [0.2, 0.25) is 0 Å². The highest BCUT2D eigenvalue weighted by Crippen LogP contribution is 2.36. The number of hydrogen-bond acceptors (Lipinski definition) is 3. The second-order valence-electron chi connectivity index (χ2n) is 4.93. The van der Waals surface area contributed by atoms with E-state index in [1.54, 1.807) is 0 Å². The first-order valence-corrected chi connectivity index (χ1v) is 6.51. The monoisotopic (exact) mass is 357 g/mol. The minimum atomic E-state index is 0. The van der Waals surface area contributed by atoms with Gasteiger partial charge in [-0.1, -0.05) is 30.3 Å². The van der Waals surface area contributed by atoms with Crippen molar-refractivity contribution in [2.75, 3.05) is 13.1 Å². The standard InChI is InChI=1S/C14H19N3.HI/c1-2-5-11(6-3-1)12-9-13(10-12)17-14-15-7-4-8-16-14;/h1-3,5-6,12-13H,4,7-10H2,(H2,15,16,17);1H. The molecular formula is C14H20IN3. The molecule has 1 saturated carbocycles. The molecule has 2 aliphatic rings. The van der Waals surface area contributed by atoms with E-state index in [2.05, 4.69) is 46.0 Å². The smallest absolute Gasteiger partial charge is 0.191 e. The second-order valence-corrected chi connectivity index (χ2v) is 4.93. The minimum absolute atomic E-state index is 0. The first kappa shape index (κ1) is 13.6. The van der Waals surface area contributed by atoms with Crippen LogP contribution in [0.1, 0.15) is 30.7 Å². The molecule has 0 unspecified atom stereocenters. The van der Waals surface area contributed by atoms with Crippen LogP contribution >= 0.6 is 24.0 Å². The van der Waals surface area contributed by atoms with E-state index in [0.29, 0.717) is 6.04 Å². The van der Waals surface area contributed by atoms with Crippen molar-refractivity contribution in [3.8, 4) is 0 Å². The first-order valence-electron chi connectivity index (χ1n) is 6.51. The second kappa shape index (κ2) is 6.41. The van der Waals surface area contributed by atoms with Crippen molar-refractivity contribution in [3.05, 3.63) is 35.9 Å². The highest BCUT2D eigenvalue weighted by atomic mass is 127. The topological polar surface area (TPSA) is 36.4 Å². The van der Waals surface area contributed by atoms with Gasteiger partial charge in [0.15, 0.2) is 5.96 Å². The number of rotatable bonds is 2. The third kappa shape index (κ3) is 3.16. The number of hydrogen-bond donors (Lipinski definition) is 2. The summed E-state index contributed by atoms with van der Waals surface area (Å²) in [6.45, 7) is 2.02. The summed E-state index contributed by atoms with van der Waals surface area (Å²) in [6, 6.07) is 11.4. The van der Waals surface area contributed by atoms with Gasteiger partial charge < -0.3 is 10.6 Å². The first-order chi connectivity index (χ1) is 8.42. The Balaban J connectivity index is 0.00000120. The average molecular weight is 357 g/mol. The van der Waals surface area contributed by atoms with Gasteiger partial charge in [-0.05, 0) is 30.7 Å². The summed E-state index contributed by atoms with van der Waals surface area (Å²) in [4.78, 5) is 4.44. The van der Waals surface area contributed by atoms with E-state index in [0.717, 1.165) is 31.4 Å². The third-order valence-electron chi connectivity index (χ3n) is 3.65. The van der Waals surface area contributed by atoms with Crippen molar-refractivity contribution in [2.24, 2.45) is 4.99 Å². The van der Waals surface area contributed by atoms with Crippen LogP contribution < -0.4 is 10.6 Å². The predicted octanol–water partition coefficient (Wildman–Crippen LogP) is 2.49. The molecule has 1 aromatic carbocycles. The lowest BCUT2D eigenvalue weighted by Crippen LogP contribution is -2.50. The third-order valence-corrected chi connectivity index (χ3v) is 3.65. The van der Waals surface area contributed by atoms with E-state index in [1.165, 1.54) is 18.4 Å².